The van der Waals surface area contributed by atoms with Crippen LogP contribution in [-0.2, 0) is 29.8 Å². The second-order valence-corrected chi connectivity index (χ2v) is 5.65. The Bertz CT molecular complexity index is 689. The Morgan fingerprint density at radius 2 is 2.15 bits per heavy atom. The third-order valence-electron chi connectivity index (χ3n) is 2.37. The van der Waals surface area contributed by atoms with Gasteiger partial charge in [-0.25, -0.2) is 13.1 Å². The SMILES string of the molecule is Cn1cc(S(=O)(=O)NCc2ccco2)c(C(F)(F)F)n1. The Morgan fingerprint density at radius 1 is 1.45 bits per heavy atom. The standard InChI is InChI=1S/C10H10F3N3O3S/c1-16-6-8(9(15-16)10(11,12)13)20(17,18)14-5-7-3-2-4-19-7/h2-4,6,14H,5H2,1H3. The molecular weight excluding hydrogens is 299 g/mol. The van der Waals surface area contributed by atoms with Crippen molar-refractivity contribution in [2.45, 2.75) is 17.6 Å². The van der Waals surface area contributed by atoms with Gasteiger partial charge in [0, 0.05) is 13.2 Å². The summed E-state index contributed by atoms with van der Waals surface area (Å²) in [4.78, 5) is -0.918. The zero-order valence-corrected chi connectivity index (χ0v) is 11.0. The van der Waals surface area contributed by atoms with Gasteiger partial charge in [0.2, 0.25) is 10.0 Å². The lowest BCUT2D eigenvalue weighted by molar-refractivity contribution is -0.143. The second-order valence-electron chi connectivity index (χ2n) is 3.92. The summed E-state index contributed by atoms with van der Waals surface area (Å²) in [6, 6.07) is 3.03. The summed E-state index contributed by atoms with van der Waals surface area (Å²) < 4.78 is 69.7. The Morgan fingerprint density at radius 3 is 2.70 bits per heavy atom. The average molecular weight is 309 g/mol. The van der Waals surface area contributed by atoms with E-state index >= 15 is 0 Å². The van der Waals surface area contributed by atoms with E-state index in [1.165, 1.54) is 25.4 Å². The van der Waals surface area contributed by atoms with Crippen molar-refractivity contribution in [2.75, 3.05) is 0 Å². The molecule has 0 radical (unpaired) electrons. The molecule has 0 fully saturated rings. The topological polar surface area (TPSA) is 77.1 Å². The molecule has 10 heteroatoms. The molecule has 0 aromatic carbocycles. The van der Waals surface area contributed by atoms with E-state index in [1.54, 1.807) is 0 Å². The fraction of sp³-hybridized carbons (Fsp3) is 0.300. The van der Waals surface area contributed by atoms with Gasteiger partial charge in [-0.05, 0) is 12.1 Å². The number of hydrogen-bond acceptors (Lipinski definition) is 4. The molecular formula is C10H10F3N3O3S. The molecule has 2 heterocycles. The monoisotopic (exact) mass is 309 g/mol. The summed E-state index contributed by atoms with van der Waals surface area (Å²) >= 11 is 0. The van der Waals surface area contributed by atoms with E-state index < -0.39 is 26.8 Å². The van der Waals surface area contributed by atoms with Crippen molar-refractivity contribution in [3.63, 3.8) is 0 Å². The van der Waals surface area contributed by atoms with Crippen LogP contribution in [-0.4, -0.2) is 18.2 Å². The van der Waals surface area contributed by atoms with Crippen molar-refractivity contribution in [3.05, 3.63) is 36.0 Å². The molecule has 2 aromatic rings. The van der Waals surface area contributed by atoms with E-state index in [0.29, 0.717) is 0 Å². The van der Waals surface area contributed by atoms with E-state index in [4.69, 9.17) is 4.42 Å². The number of nitrogens with zero attached hydrogens (tertiary/aromatic N) is 2. The quantitative estimate of drug-likeness (QED) is 0.928. The lowest BCUT2D eigenvalue weighted by Gasteiger charge is -2.07. The molecule has 0 aliphatic heterocycles. The fourth-order valence-electron chi connectivity index (χ4n) is 1.52. The Hall–Kier alpha value is -1.81. The van der Waals surface area contributed by atoms with Crippen molar-refractivity contribution in [2.24, 2.45) is 7.05 Å². The highest BCUT2D eigenvalue weighted by Gasteiger charge is 2.40. The maximum Gasteiger partial charge on any atom is 0.436 e. The number of alkyl halides is 3. The van der Waals surface area contributed by atoms with Gasteiger partial charge < -0.3 is 4.42 Å². The van der Waals surface area contributed by atoms with Gasteiger partial charge in [0.1, 0.15) is 10.7 Å². The molecule has 0 aliphatic carbocycles. The number of hydrogen-bond donors (Lipinski definition) is 1. The molecule has 0 amide bonds. The van der Waals surface area contributed by atoms with Crippen molar-refractivity contribution in [1.29, 1.82) is 0 Å². The number of rotatable bonds is 4. The number of halogens is 3. The van der Waals surface area contributed by atoms with Gasteiger partial charge >= 0.3 is 6.18 Å². The van der Waals surface area contributed by atoms with Gasteiger partial charge in [-0.3, -0.25) is 4.68 Å². The summed E-state index contributed by atoms with van der Waals surface area (Å²) in [6.45, 7) is -0.248. The summed E-state index contributed by atoms with van der Waals surface area (Å²) in [5, 5.41) is 3.14. The van der Waals surface area contributed by atoms with Gasteiger partial charge in [0.25, 0.3) is 0 Å². The molecule has 2 aromatic heterocycles. The van der Waals surface area contributed by atoms with Crippen LogP contribution in [0.25, 0.3) is 0 Å². The number of aryl methyl sites for hydroxylation is 1. The van der Waals surface area contributed by atoms with Gasteiger partial charge in [-0.15, -0.1) is 0 Å². The van der Waals surface area contributed by atoms with E-state index in [1.807, 2.05) is 4.72 Å². The first-order valence-corrected chi connectivity index (χ1v) is 6.81. The zero-order valence-electron chi connectivity index (χ0n) is 10.2. The van der Waals surface area contributed by atoms with Crippen LogP contribution in [0.5, 0.6) is 0 Å². The molecule has 6 nitrogen and oxygen atoms in total. The molecule has 1 N–H and O–H groups in total. The number of sulfonamides is 1. The molecule has 0 bridgehead atoms. The molecule has 0 spiro atoms. The molecule has 110 valence electrons. The van der Waals surface area contributed by atoms with Crippen LogP contribution in [0.1, 0.15) is 11.5 Å². The fourth-order valence-corrected chi connectivity index (χ4v) is 2.71. The normalized spacial score (nSPS) is 12.8. The summed E-state index contributed by atoms with van der Waals surface area (Å²) in [5.74, 6) is 0.283. The highest BCUT2D eigenvalue weighted by molar-refractivity contribution is 7.89. The Balaban J connectivity index is 2.30. The second kappa shape index (κ2) is 4.94. The number of nitrogens with one attached hydrogen (secondary N) is 1. The third-order valence-corrected chi connectivity index (χ3v) is 3.77. The first-order chi connectivity index (χ1) is 9.20. The lowest BCUT2D eigenvalue weighted by atomic mass is 10.4. The maximum absolute atomic E-state index is 12.7. The zero-order chi connectivity index (χ0) is 15.0. The van der Waals surface area contributed by atoms with Crippen LogP contribution in [0.4, 0.5) is 13.2 Å². The first-order valence-electron chi connectivity index (χ1n) is 5.33. The van der Waals surface area contributed by atoms with Crippen LogP contribution < -0.4 is 4.72 Å². The van der Waals surface area contributed by atoms with Crippen molar-refractivity contribution in [1.82, 2.24) is 14.5 Å². The summed E-state index contributed by atoms with van der Waals surface area (Å²) in [6.07, 6.45) is -2.72. The van der Waals surface area contributed by atoms with E-state index in [9.17, 15) is 21.6 Å². The van der Waals surface area contributed by atoms with Crippen LogP contribution >= 0.6 is 0 Å². The molecule has 0 atom stereocenters. The summed E-state index contributed by atoms with van der Waals surface area (Å²) in [7, 11) is -3.13. The molecule has 2 rings (SSSR count). The highest BCUT2D eigenvalue weighted by atomic mass is 32.2. The van der Waals surface area contributed by atoms with Gasteiger partial charge in [-0.1, -0.05) is 0 Å². The predicted molar refractivity (Wildman–Crippen MR) is 60.9 cm³/mol. The minimum absolute atomic E-state index is 0.248. The average Bonchev–Trinajstić information content (AvgIpc) is 2.94. The molecule has 20 heavy (non-hydrogen) atoms. The van der Waals surface area contributed by atoms with Gasteiger partial charge in [0.15, 0.2) is 5.69 Å². The van der Waals surface area contributed by atoms with Crippen molar-refractivity contribution in [3.8, 4) is 0 Å². The molecule has 0 saturated carbocycles. The molecule has 0 aliphatic rings. The Labute approximate surface area is 112 Å². The van der Waals surface area contributed by atoms with Crippen LogP contribution in [0.15, 0.2) is 33.9 Å². The largest absolute Gasteiger partial charge is 0.468 e. The molecule has 0 saturated heterocycles. The van der Waals surface area contributed by atoms with E-state index in [0.717, 1.165) is 10.9 Å². The van der Waals surface area contributed by atoms with Gasteiger partial charge in [-0.2, -0.15) is 18.3 Å². The lowest BCUT2D eigenvalue weighted by Crippen LogP contribution is -2.25. The smallest absolute Gasteiger partial charge is 0.436 e. The number of aromatic nitrogens is 2. The van der Waals surface area contributed by atoms with Crippen LogP contribution in [0, 0.1) is 0 Å². The van der Waals surface area contributed by atoms with Crippen molar-refractivity contribution < 1.29 is 26.0 Å². The Kier molecular flexibility index (Phi) is 3.61. The van der Waals surface area contributed by atoms with E-state index in [-0.39, 0.29) is 12.3 Å². The minimum atomic E-state index is -4.85. The van der Waals surface area contributed by atoms with Crippen molar-refractivity contribution >= 4 is 10.0 Å². The number of furan rings is 1. The minimum Gasteiger partial charge on any atom is -0.468 e. The van der Waals surface area contributed by atoms with Crippen LogP contribution in [0.2, 0.25) is 0 Å². The van der Waals surface area contributed by atoms with E-state index in [2.05, 4.69) is 5.10 Å². The highest BCUT2D eigenvalue weighted by Crippen LogP contribution is 2.32. The third kappa shape index (κ3) is 3.02. The summed E-state index contributed by atoms with van der Waals surface area (Å²) in [5.41, 5.74) is -1.45. The predicted octanol–water partition coefficient (Wildman–Crippen LogP) is 1.51. The van der Waals surface area contributed by atoms with Gasteiger partial charge in [0.05, 0.1) is 12.8 Å². The molecule has 0 unspecified atom stereocenters. The van der Waals surface area contributed by atoms with Crippen LogP contribution in [0.3, 0.4) is 0 Å². The maximum atomic E-state index is 12.7. The first kappa shape index (κ1) is 14.6.